The molecule has 0 amide bonds. The highest BCUT2D eigenvalue weighted by Crippen LogP contribution is 1.99. The van der Waals surface area contributed by atoms with E-state index < -0.39 is 0 Å². The van der Waals surface area contributed by atoms with Crippen LogP contribution in [-0.4, -0.2) is 58.1 Å². The van der Waals surface area contributed by atoms with E-state index in [0.29, 0.717) is 6.04 Å². The molecule has 0 aromatic carbocycles. The second-order valence-electron chi connectivity index (χ2n) is 3.85. The van der Waals surface area contributed by atoms with Crippen LogP contribution in [0.5, 0.6) is 0 Å². The molecule has 1 N–H and O–H groups in total. The Labute approximate surface area is 87.6 Å². The quantitative estimate of drug-likeness (QED) is 0.614. The molecule has 0 saturated carbocycles. The molecule has 0 spiro atoms. The van der Waals surface area contributed by atoms with Gasteiger partial charge in [0.2, 0.25) is 0 Å². The average Bonchev–Trinajstić information content (AvgIpc) is 2.15. The Kier molecular flexibility index (Phi) is 7.09. The van der Waals surface area contributed by atoms with Gasteiger partial charge in [-0.3, -0.25) is 0 Å². The third-order valence-corrected chi connectivity index (χ3v) is 2.49. The van der Waals surface area contributed by atoms with Crippen molar-refractivity contribution in [3.63, 3.8) is 0 Å². The van der Waals surface area contributed by atoms with Gasteiger partial charge in [0.15, 0.2) is 6.29 Å². The van der Waals surface area contributed by atoms with Gasteiger partial charge in [-0.25, -0.2) is 0 Å². The lowest BCUT2D eigenvalue weighted by molar-refractivity contribution is -0.119. The summed E-state index contributed by atoms with van der Waals surface area (Å²) in [6.07, 6.45) is -0.177. The molecular formula is C10H24N2O2. The highest BCUT2D eigenvalue weighted by atomic mass is 16.7. The normalized spacial score (nSPS) is 16.3. The summed E-state index contributed by atoms with van der Waals surface area (Å²) in [6, 6.07) is 0.708. The van der Waals surface area contributed by atoms with E-state index in [0.717, 1.165) is 6.54 Å². The molecule has 0 aromatic heterocycles. The van der Waals surface area contributed by atoms with E-state index in [2.05, 4.69) is 38.2 Å². The molecule has 0 aromatic rings. The Morgan fingerprint density at radius 1 is 1.14 bits per heavy atom. The van der Waals surface area contributed by atoms with Crippen LogP contribution in [0.25, 0.3) is 0 Å². The van der Waals surface area contributed by atoms with Crippen LogP contribution in [0.4, 0.5) is 0 Å². The molecule has 0 radical (unpaired) electrons. The predicted octanol–water partition coefficient (Wildman–Crippen LogP) is 0.534. The second-order valence-corrected chi connectivity index (χ2v) is 3.85. The van der Waals surface area contributed by atoms with Gasteiger partial charge in [0, 0.05) is 26.8 Å². The molecule has 0 aliphatic heterocycles. The number of nitrogens with one attached hydrogen (secondary N) is 1. The lowest BCUT2D eigenvalue weighted by atomic mass is 10.2. The van der Waals surface area contributed by atoms with Crippen LogP contribution in [0.15, 0.2) is 0 Å². The van der Waals surface area contributed by atoms with Crippen molar-refractivity contribution in [1.29, 1.82) is 0 Å². The van der Waals surface area contributed by atoms with Crippen molar-refractivity contribution in [2.45, 2.75) is 32.2 Å². The highest BCUT2D eigenvalue weighted by molar-refractivity contribution is 4.69. The van der Waals surface area contributed by atoms with Gasteiger partial charge in [0.1, 0.15) is 0 Å². The Balaban J connectivity index is 3.77. The predicted molar refractivity (Wildman–Crippen MR) is 58.4 cm³/mol. The summed E-state index contributed by atoms with van der Waals surface area (Å²) < 4.78 is 10.3. The van der Waals surface area contributed by atoms with Gasteiger partial charge >= 0.3 is 0 Å². The molecule has 0 bridgehead atoms. The van der Waals surface area contributed by atoms with Crippen molar-refractivity contribution >= 4 is 0 Å². The van der Waals surface area contributed by atoms with Gasteiger partial charge in [-0.15, -0.1) is 0 Å². The Morgan fingerprint density at radius 3 is 2.00 bits per heavy atom. The number of likely N-dealkylation sites (N-methyl/N-ethyl adjacent to an activating group) is 1. The Bertz CT molecular complexity index is 138. The minimum atomic E-state index is -0.177. The summed E-state index contributed by atoms with van der Waals surface area (Å²) in [5, 5.41) is 3.37. The lowest BCUT2D eigenvalue weighted by Crippen LogP contribution is -2.45. The number of nitrogens with zero attached hydrogens (tertiary/aromatic N) is 1. The maximum absolute atomic E-state index is 5.16. The molecule has 2 unspecified atom stereocenters. The van der Waals surface area contributed by atoms with Crippen LogP contribution >= 0.6 is 0 Å². The molecule has 0 heterocycles. The Hall–Kier alpha value is -0.160. The first-order valence-electron chi connectivity index (χ1n) is 4.98. The zero-order valence-electron chi connectivity index (χ0n) is 10.2. The summed E-state index contributed by atoms with van der Waals surface area (Å²) >= 11 is 0. The summed E-state index contributed by atoms with van der Waals surface area (Å²) in [6.45, 7) is 5.16. The fourth-order valence-corrected chi connectivity index (χ4v) is 1.14. The van der Waals surface area contributed by atoms with Gasteiger partial charge in [-0.1, -0.05) is 0 Å². The minimum absolute atomic E-state index is 0.177. The summed E-state index contributed by atoms with van der Waals surface area (Å²) in [5.74, 6) is 0. The van der Waals surface area contributed by atoms with E-state index in [4.69, 9.17) is 9.47 Å². The number of hydrogen-bond donors (Lipinski definition) is 1. The highest BCUT2D eigenvalue weighted by Gasteiger charge is 2.16. The van der Waals surface area contributed by atoms with Gasteiger partial charge in [0.05, 0.1) is 6.04 Å². The van der Waals surface area contributed by atoms with Crippen LogP contribution < -0.4 is 5.32 Å². The SMILES string of the molecule is COC(OC)C(C)NCC(C)N(C)C. The topological polar surface area (TPSA) is 33.7 Å². The fourth-order valence-electron chi connectivity index (χ4n) is 1.14. The van der Waals surface area contributed by atoms with Crippen molar-refractivity contribution in [2.24, 2.45) is 0 Å². The maximum atomic E-state index is 5.16. The molecule has 0 fully saturated rings. The number of rotatable bonds is 7. The molecule has 0 aliphatic carbocycles. The van der Waals surface area contributed by atoms with Crippen molar-refractivity contribution in [2.75, 3.05) is 34.9 Å². The van der Waals surface area contributed by atoms with E-state index >= 15 is 0 Å². The Morgan fingerprint density at radius 2 is 1.64 bits per heavy atom. The fraction of sp³-hybridized carbons (Fsp3) is 1.00. The molecule has 14 heavy (non-hydrogen) atoms. The lowest BCUT2D eigenvalue weighted by Gasteiger charge is -2.26. The molecule has 4 heteroatoms. The third-order valence-electron chi connectivity index (χ3n) is 2.49. The second kappa shape index (κ2) is 7.17. The van der Waals surface area contributed by atoms with Crippen LogP contribution in [0.2, 0.25) is 0 Å². The zero-order valence-corrected chi connectivity index (χ0v) is 10.2. The van der Waals surface area contributed by atoms with Crippen molar-refractivity contribution < 1.29 is 9.47 Å². The van der Waals surface area contributed by atoms with Crippen LogP contribution in [0.3, 0.4) is 0 Å². The van der Waals surface area contributed by atoms with Crippen LogP contribution in [-0.2, 0) is 9.47 Å². The first-order chi connectivity index (χ1) is 6.52. The standard InChI is InChI=1S/C10H24N2O2/c1-8(12(3)4)7-11-9(2)10(13-5)14-6/h8-11H,7H2,1-6H3. The molecule has 0 saturated heterocycles. The third kappa shape index (κ3) is 4.91. The molecule has 0 rings (SSSR count). The molecule has 2 atom stereocenters. The van der Waals surface area contributed by atoms with E-state index in [1.54, 1.807) is 14.2 Å². The van der Waals surface area contributed by atoms with E-state index in [1.165, 1.54) is 0 Å². The number of hydrogen-bond acceptors (Lipinski definition) is 4. The van der Waals surface area contributed by atoms with E-state index in [-0.39, 0.29) is 12.3 Å². The van der Waals surface area contributed by atoms with Crippen molar-refractivity contribution in [3.05, 3.63) is 0 Å². The number of methoxy groups -OCH3 is 2. The van der Waals surface area contributed by atoms with Crippen molar-refractivity contribution in [1.82, 2.24) is 10.2 Å². The molecule has 0 aliphatic rings. The number of ether oxygens (including phenoxy) is 2. The average molecular weight is 204 g/mol. The zero-order chi connectivity index (χ0) is 11.1. The van der Waals surface area contributed by atoms with Crippen LogP contribution in [0.1, 0.15) is 13.8 Å². The molecule has 86 valence electrons. The molecular weight excluding hydrogens is 180 g/mol. The van der Waals surface area contributed by atoms with Gasteiger partial charge in [-0.2, -0.15) is 0 Å². The summed E-state index contributed by atoms with van der Waals surface area (Å²) in [7, 11) is 7.45. The largest absolute Gasteiger partial charge is 0.354 e. The smallest absolute Gasteiger partial charge is 0.171 e. The van der Waals surface area contributed by atoms with Gasteiger partial charge < -0.3 is 19.7 Å². The first-order valence-corrected chi connectivity index (χ1v) is 4.98. The van der Waals surface area contributed by atoms with Gasteiger partial charge in [0.25, 0.3) is 0 Å². The van der Waals surface area contributed by atoms with Gasteiger partial charge in [-0.05, 0) is 27.9 Å². The minimum Gasteiger partial charge on any atom is -0.354 e. The van der Waals surface area contributed by atoms with E-state index in [9.17, 15) is 0 Å². The summed E-state index contributed by atoms with van der Waals surface area (Å²) in [4.78, 5) is 2.17. The van der Waals surface area contributed by atoms with Crippen LogP contribution in [0, 0.1) is 0 Å². The maximum Gasteiger partial charge on any atom is 0.171 e. The molecule has 4 nitrogen and oxygen atoms in total. The monoisotopic (exact) mass is 204 g/mol. The first kappa shape index (κ1) is 13.8. The van der Waals surface area contributed by atoms with E-state index in [1.807, 2.05) is 0 Å². The summed E-state index contributed by atoms with van der Waals surface area (Å²) in [5.41, 5.74) is 0. The van der Waals surface area contributed by atoms with Crippen molar-refractivity contribution in [3.8, 4) is 0 Å².